The van der Waals surface area contributed by atoms with Crippen molar-refractivity contribution in [1.29, 1.82) is 0 Å². The predicted octanol–water partition coefficient (Wildman–Crippen LogP) is 1.92. The van der Waals surface area contributed by atoms with Gasteiger partial charge in [0.1, 0.15) is 5.82 Å². The summed E-state index contributed by atoms with van der Waals surface area (Å²) in [5.74, 6) is 0.975. The fraction of sp³-hybridized carbons (Fsp3) is 0.571. The maximum Gasteiger partial charge on any atom is 0.345 e. The van der Waals surface area contributed by atoms with Gasteiger partial charge < -0.3 is 9.88 Å². The maximum absolute atomic E-state index is 13.0. The van der Waals surface area contributed by atoms with Gasteiger partial charge in [0.15, 0.2) is 0 Å². The minimum atomic E-state index is -0.333. The molecular weight excluding hydrogens is 354 g/mol. The molecule has 7 nitrogen and oxygen atoms in total. The van der Waals surface area contributed by atoms with Gasteiger partial charge in [-0.25, -0.2) is 14.8 Å². The van der Waals surface area contributed by atoms with Gasteiger partial charge in [0.2, 0.25) is 5.91 Å². The number of fused-ring (bicyclic) bond motifs is 2. The molecule has 2 aromatic rings. The smallest absolute Gasteiger partial charge is 0.342 e. The van der Waals surface area contributed by atoms with E-state index in [0.29, 0.717) is 18.5 Å². The SMILES string of the molecule is Cc1ncc2c(n1)C1(CCCN(C(=O)CCc3c(C)nc(=O)[nH]c3C)C1)CC2. The lowest BCUT2D eigenvalue weighted by atomic mass is 9.77. The Labute approximate surface area is 164 Å². The molecule has 0 aromatic carbocycles. The minimum absolute atomic E-state index is 0.0116. The molecule has 1 aliphatic heterocycles. The Morgan fingerprint density at radius 3 is 2.86 bits per heavy atom. The quantitative estimate of drug-likeness (QED) is 0.877. The molecule has 1 unspecified atom stereocenters. The third-order valence-corrected chi connectivity index (χ3v) is 6.33. The highest BCUT2D eigenvalue weighted by molar-refractivity contribution is 5.77. The van der Waals surface area contributed by atoms with Crippen LogP contribution >= 0.6 is 0 Å². The van der Waals surface area contributed by atoms with Crippen LogP contribution in [0.3, 0.4) is 0 Å². The number of carbonyl (C=O) groups is 1. The van der Waals surface area contributed by atoms with E-state index < -0.39 is 0 Å². The van der Waals surface area contributed by atoms with Crippen LogP contribution in [0.4, 0.5) is 0 Å². The molecule has 4 rings (SSSR count). The van der Waals surface area contributed by atoms with Crippen molar-refractivity contribution in [3.05, 3.63) is 50.7 Å². The number of hydrogen-bond acceptors (Lipinski definition) is 5. The van der Waals surface area contributed by atoms with E-state index in [1.165, 1.54) is 5.56 Å². The van der Waals surface area contributed by atoms with E-state index in [-0.39, 0.29) is 17.0 Å². The normalized spacial score (nSPS) is 21.2. The molecule has 1 saturated heterocycles. The first-order valence-corrected chi connectivity index (χ1v) is 10.1. The Bertz CT molecular complexity index is 953. The third kappa shape index (κ3) is 3.34. The molecule has 2 aromatic heterocycles. The number of H-pyrrole nitrogens is 1. The van der Waals surface area contributed by atoms with E-state index in [9.17, 15) is 9.59 Å². The minimum Gasteiger partial charge on any atom is -0.342 e. The molecule has 1 atom stereocenters. The summed E-state index contributed by atoms with van der Waals surface area (Å²) in [6.45, 7) is 7.18. The molecule has 1 amide bonds. The topological polar surface area (TPSA) is 91.8 Å². The van der Waals surface area contributed by atoms with E-state index in [4.69, 9.17) is 4.98 Å². The molecule has 0 radical (unpaired) electrons. The summed E-state index contributed by atoms with van der Waals surface area (Å²) < 4.78 is 0. The number of aromatic nitrogens is 4. The lowest BCUT2D eigenvalue weighted by Gasteiger charge is -2.40. The number of amides is 1. The molecule has 148 valence electrons. The summed E-state index contributed by atoms with van der Waals surface area (Å²) in [6.07, 6.45) is 7.13. The van der Waals surface area contributed by atoms with E-state index in [1.807, 2.05) is 31.9 Å². The van der Waals surface area contributed by atoms with Gasteiger partial charge in [-0.05, 0) is 64.0 Å². The van der Waals surface area contributed by atoms with Gasteiger partial charge in [0.05, 0.1) is 5.69 Å². The molecule has 1 spiro atoms. The molecule has 0 saturated carbocycles. The standard InChI is InChI=1S/C21H27N5O2/c1-13-17(14(2)24-20(28)23-13)5-6-18(27)26-10-4-8-21(12-26)9-7-16-11-22-15(3)25-19(16)21/h11H,4-10,12H2,1-3H3,(H,23,24,28). The molecule has 0 bridgehead atoms. The summed E-state index contributed by atoms with van der Waals surface area (Å²) in [5, 5.41) is 0. The Morgan fingerprint density at radius 2 is 2.07 bits per heavy atom. The first-order chi connectivity index (χ1) is 13.4. The van der Waals surface area contributed by atoms with Gasteiger partial charge in [0, 0.05) is 42.5 Å². The third-order valence-electron chi connectivity index (χ3n) is 6.33. The van der Waals surface area contributed by atoms with E-state index in [1.54, 1.807) is 0 Å². The number of nitrogens with zero attached hydrogens (tertiary/aromatic N) is 4. The average molecular weight is 381 g/mol. The zero-order valence-electron chi connectivity index (χ0n) is 16.8. The lowest BCUT2D eigenvalue weighted by molar-refractivity contribution is -0.133. The van der Waals surface area contributed by atoms with Crippen LogP contribution in [0.15, 0.2) is 11.0 Å². The largest absolute Gasteiger partial charge is 0.345 e. The number of carbonyl (C=O) groups excluding carboxylic acids is 1. The number of nitrogens with one attached hydrogen (secondary N) is 1. The number of likely N-dealkylation sites (tertiary alicyclic amines) is 1. The number of hydrogen-bond donors (Lipinski definition) is 1. The van der Waals surface area contributed by atoms with E-state index in [0.717, 1.165) is 61.5 Å². The van der Waals surface area contributed by atoms with Crippen molar-refractivity contribution in [3.63, 3.8) is 0 Å². The summed E-state index contributed by atoms with van der Waals surface area (Å²) in [6, 6.07) is 0. The van der Waals surface area contributed by atoms with Crippen LogP contribution in [0, 0.1) is 20.8 Å². The van der Waals surface area contributed by atoms with Crippen LogP contribution in [0.2, 0.25) is 0 Å². The van der Waals surface area contributed by atoms with Crippen molar-refractivity contribution in [2.75, 3.05) is 13.1 Å². The highest BCUT2D eigenvalue weighted by atomic mass is 16.2. The van der Waals surface area contributed by atoms with Gasteiger partial charge in [-0.15, -0.1) is 0 Å². The highest BCUT2D eigenvalue weighted by Crippen LogP contribution is 2.43. The first-order valence-electron chi connectivity index (χ1n) is 10.1. The predicted molar refractivity (Wildman–Crippen MR) is 105 cm³/mol. The zero-order valence-corrected chi connectivity index (χ0v) is 16.8. The lowest BCUT2D eigenvalue weighted by Crippen LogP contribution is -2.48. The van der Waals surface area contributed by atoms with Crippen molar-refractivity contribution in [2.24, 2.45) is 0 Å². The fourth-order valence-corrected chi connectivity index (χ4v) is 4.88. The second kappa shape index (κ2) is 7.11. The summed E-state index contributed by atoms with van der Waals surface area (Å²) in [7, 11) is 0. The maximum atomic E-state index is 13.0. The summed E-state index contributed by atoms with van der Waals surface area (Å²) in [5.41, 5.74) is 4.54. The van der Waals surface area contributed by atoms with Crippen molar-refractivity contribution in [1.82, 2.24) is 24.8 Å². The molecule has 7 heteroatoms. The Hall–Kier alpha value is -2.57. The Morgan fingerprint density at radius 1 is 1.25 bits per heavy atom. The number of piperidine rings is 1. The van der Waals surface area contributed by atoms with Crippen LogP contribution in [0.5, 0.6) is 0 Å². The Balaban J connectivity index is 1.48. The van der Waals surface area contributed by atoms with Crippen LogP contribution in [-0.4, -0.2) is 43.8 Å². The molecule has 3 heterocycles. The molecular formula is C21H27N5O2. The number of aromatic amines is 1. The van der Waals surface area contributed by atoms with Crippen molar-refractivity contribution in [3.8, 4) is 0 Å². The van der Waals surface area contributed by atoms with Crippen molar-refractivity contribution >= 4 is 5.91 Å². The van der Waals surface area contributed by atoms with Gasteiger partial charge in [-0.2, -0.15) is 4.98 Å². The average Bonchev–Trinajstić information content (AvgIpc) is 2.98. The van der Waals surface area contributed by atoms with Crippen LogP contribution in [-0.2, 0) is 23.1 Å². The number of rotatable bonds is 3. The monoisotopic (exact) mass is 381 g/mol. The first kappa shape index (κ1) is 18.8. The van der Waals surface area contributed by atoms with Crippen LogP contribution in [0.1, 0.15) is 59.7 Å². The zero-order chi connectivity index (χ0) is 19.9. The van der Waals surface area contributed by atoms with Gasteiger partial charge >= 0.3 is 5.69 Å². The summed E-state index contributed by atoms with van der Waals surface area (Å²) in [4.78, 5) is 42.3. The summed E-state index contributed by atoms with van der Waals surface area (Å²) >= 11 is 0. The Kier molecular flexibility index (Phi) is 4.77. The molecule has 28 heavy (non-hydrogen) atoms. The molecule has 2 aliphatic rings. The van der Waals surface area contributed by atoms with Gasteiger partial charge in [-0.3, -0.25) is 4.79 Å². The molecule has 1 aliphatic carbocycles. The van der Waals surface area contributed by atoms with Gasteiger partial charge in [0.25, 0.3) is 0 Å². The van der Waals surface area contributed by atoms with E-state index in [2.05, 4.69) is 15.0 Å². The second-order valence-electron chi connectivity index (χ2n) is 8.22. The second-order valence-corrected chi connectivity index (χ2v) is 8.22. The van der Waals surface area contributed by atoms with Crippen LogP contribution < -0.4 is 5.69 Å². The van der Waals surface area contributed by atoms with Gasteiger partial charge in [-0.1, -0.05) is 0 Å². The van der Waals surface area contributed by atoms with E-state index >= 15 is 0 Å². The van der Waals surface area contributed by atoms with Crippen molar-refractivity contribution in [2.45, 2.75) is 64.7 Å². The van der Waals surface area contributed by atoms with Crippen molar-refractivity contribution < 1.29 is 4.79 Å². The fourth-order valence-electron chi connectivity index (χ4n) is 4.88. The number of aryl methyl sites for hydroxylation is 4. The molecule has 1 N–H and O–H groups in total. The van der Waals surface area contributed by atoms with Crippen LogP contribution in [0.25, 0.3) is 0 Å². The molecule has 1 fully saturated rings. The highest BCUT2D eigenvalue weighted by Gasteiger charge is 2.44.